The fourth-order valence-electron chi connectivity index (χ4n) is 2.97. The number of thiophene rings is 1. The first-order valence-corrected chi connectivity index (χ1v) is 9.77. The van der Waals surface area contributed by atoms with Crippen molar-refractivity contribution in [1.29, 1.82) is 0 Å². The van der Waals surface area contributed by atoms with E-state index in [-0.39, 0.29) is 58.8 Å². The van der Waals surface area contributed by atoms with Crippen LogP contribution in [0.25, 0.3) is 0 Å². The topological polar surface area (TPSA) is 143 Å². The minimum atomic E-state index is -1.13. The van der Waals surface area contributed by atoms with Crippen molar-refractivity contribution in [2.75, 3.05) is 40.1 Å². The predicted octanol–water partition coefficient (Wildman–Crippen LogP) is 1.53. The van der Waals surface area contributed by atoms with E-state index in [0.717, 1.165) is 18.4 Å². The Labute approximate surface area is 175 Å². The molecular weight excluding hydrogens is 421 g/mol. The largest absolute Gasteiger partial charge is 0.466 e. The number of carbonyl (C=O) groups excluding carboxylic acids is 2. The van der Waals surface area contributed by atoms with E-state index in [9.17, 15) is 24.1 Å². The van der Waals surface area contributed by atoms with E-state index in [0.29, 0.717) is 0 Å². The molecule has 1 aromatic heterocycles. The molecule has 0 saturated heterocycles. The summed E-state index contributed by atoms with van der Waals surface area (Å²) in [5.74, 6) is -2.77. The van der Waals surface area contributed by atoms with Gasteiger partial charge < -0.3 is 25.3 Å². The summed E-state index contributed by atoms with van der Waals surface area (Å²) in [7, 11) is 1.12. The number of esters is 2. The van der Waals surface area contributed by atoms with E-state index in [2.05, 4.69) is 5.32 Å². The summed E-state index contributed by atoms with van der Waals surface area (Å²) in [6, 6.07) is 2.66. The maximum absolute atomic E-state index is 13.9. The van der Waals surface area contributed by atoms with Gasteiger partial charge in [-0.2, -0.15) is 0 Å². The van der Waals surface area contributed by atoms with E-state index in [1.165, 1.54) is 12.1 Å². The molecular formula is C18H22FN3O7S. The van der Waals surface area contributed by atoms with Crippen LogP contribution in [0.3, 0.4) is 0 Å². The number of rotatable bonds is 10. The number of ether oxygens (including phenoxy) is 3. The highest BCUT2D eigenvalue weighted by molar-refractivity contribution is 7.15. The number of nitro groups is 1. The molecule has 1 atom stereocenters. The number of allylic oxidation sites excluding steroid dienone is 1. The predicted molar refractivity (Wildman–Crippen MR) is 105 cm³/mol. The molecule has 2 heterocycles. The normalized spacial score (nSPS) is 16.3. The Hall–Kier alpha value is -2.83. The summed E-state index contributed by atoms with van der Waals surface area (Å²) >= 11 is 0.767. The second-order valence-electron chi connectivity index (χ2n) is 5.96. The first-order chi connectivity index (χ1) is 14.4. The molecule has 0 fully saturated rings. The number of halogens is 1. The third-order valence-corrected chi connectivity index (χ3v) is 5.25. The smallest absolute Gasteiger partial charge is 0.336 e. The SMILES string of the molecule is CCOC(=O)C1=C(COCCN)NC(CF)=C(C(=O)OC)C1c1ccc([N+](=O)[O-])s1. The van der Waals surface area contributed by atoms with Gasteiger partial charge in [0.25, 0.3) is 0 Å². The Balaban J connectivity index is 2.70. The zero-order chi connectivity index (χ0) is 22.3. The number of dihydropyridines is 1. The summed E-state index contributed by atoms with van der Waals surface area (Å²) in [6.07, 6.45) is 0. The lowest BCUT2D eigenvalue weighted by Gasteiger charge is -2.30. The minimum Gasteiger partial charge on any atom is -0.466 e. The van der Waals surface area contributed by atoms with Crippen molar-refractivity contribution >= 4 is 28.3 Å². The van der Waals surface area contributed by atoms with Gasteiger partial charge in [-0.1, -0.05) is 11.3 Å². The van der Waals surface area contributed by atoms with Gasteiger partial charge in [-0.3, -0.25) is 10.1 Å². The summed E-state index contributed by atoms with van der Waals surface area (Å²) in [5.41, 5.74) is 5.31. The fraction of sp³-hybridized carbons (Fsp3) is 0.444. The van der Waals surface area contributed by atoms with Crippen LogP contribution in [-0.2, 0) is 23.8 Å². The van der Waals surface area contributed by atoms with Crippen LogP contribution in [0.4, 0.5) is 9.39 Å². The van der Waals surface area contributed by atoms with Crippen LogP contribution < -0.4 is 11.1 Å². The standard InChI is InChI=1S/C18H22FN3O7S/c1-3-29-18(24)15-11(9-28-7-6-20)21-10(8-19)14(17(23)27-2)16(15)12-4-5-13(30-12)22(25)26/h4-5,16,21H,3,6-9,20H2,1-2H3. The first-order valence-electron chi connectivity index (χ1n) is 8.95. The van der Waals surface area contributed by atoms with Crippen molar-refractivity contribution in [2.45, 2.75) is 12.8 Å². The van der Waals surface area contributed by atoms with Crippen molar-refractivity contribution in [1.82, 2.24) is 5.32 Å². The molecule has 164 valence electrons. The molecule has 10 nitrogen and oxygen atoms in total. The molecule has 0 bridgehead atoms. The van der Waals surface area contributed by atoms with Gasteiger partial charge in [0, 0.05) is 17.5 Å². The van der Waals surface area contributed by atoms with Crippen LogP contribution in [0.2, 0.25) is 0 Å². The van der Waals surface area contributed by atoms with E-state index < -0.39 is 29.5 Å². The maximum atomic E-state index is 13.9. The number of nitrogens with one attached hydrogen (secondary N) is 1. The number of nitrogens with two attached hydrogens (primary N) is 1. The third-order valence-electron chi connectivity index (χ3n) is 4.15. The summed E-state index contributed by atoms with van der Waals surface area (Å²) in [5, 5.41) is 13.7. The summed E-state index contributed by atoms with van der Waals surface area (Å²) in [4.78, 5) is 36.2. The number of nitrogens with zero attached hydrogens (tertiary/aromatic N) is 1. The molecule has 1 unspecified atom stereocenters. The van der Waals surface area contributed by atoms with Crippen molar-refractivity contribution in [3.05, 3.63) is 49.7 Å². The van der Waals surface area contributed by atoms with Crippen molar-refractivity contribution in [3.63, 3.8) is 0 Å². The van der Waals surface area contributed by atoms with Crippen LogP contribution in [-0.4, -0.2) is 57.0 Å². The molecule has 0 saturated carbocycles. The summed E-state index contributed by atoms with van der Waals surface area (Å²) < 4.78 is 29.2. The van der Waals surface area contributed by atoms with Gasteiger partial charge >= 0.3 is 16.9 Å². The monoisotopic (exact) mass is 443 g/mol. The number of carbonyl (C=O) groups is 2. The van der Waals surface area contributed by atoms with Crippen molar-refractivity contribution < 1.29 is 33.1 Å². The molecule has 1 aliphatic rings. The zero-order valence-electron chi connectivity index (χ0n) is 16.4. The molecule has 12 heteroatoms. The lowest BCUT2D eigenvalue weighted by molar-refractivity contribution is -0.380. The molecule has 1 aromatic rings. The molecule has 1 aliphatic heterocycles. The van der Waals surface area contributed by atoms with E-state index >= 15 is 0 Å². The lowest BCUT2D eigenvalue weighted by Crippen LogP contribution is -2.36. The Bertz CT molecular complexity index is 881. The van der Waals surface area contributed by atoms with Gasteiger partial charge in [-0.25, -0.2) is 14.0 Å². The van der Waals surface area contributed by atoms with E-state index in [4.69, 9.17) is 19.9 Å². The highest BCUT2D eigenvalue weighted by Gasteiger charge is 2.41. The highest BCUT2D eigenvalue weighted by atomic mass is 32.1. The van der Waals surface area contributed by atoms with Gasteiger partial charge in [-0.05, 0) is 13.0 Å². The second kappa shape index (κ2) is 10.8. The number of methoxy groups -OCH3 is 1. The first kappa shape index (κ1) is 23.4. The van der Waals surface area contributed by atoms with Crippen molar-refractivity contribution in [2.24, 2.45) is 5.73 Å². The molecule has 0 aliphatic carbocycles. The second-order valence-corrected chi connectivity index (χ2v) is 7.06. The van der Waals surface area contributed by atoms with Crippen LogP contribution >= 0.6 is 11.3 Å². The van der Waals surface area contributed by atoms with Gasteiger partial charge in [0.05, 0.1) is 60.3 Å². The summed E-state index contributed by atoms with van der Waals surface area (Å²) in [6.45, 7) is 0.854. The molecule has 3 N–H and O–H groups in total. The average molecular weight is 443 g/mol. The highest BCUT2D eigenvalue weighted by Crippen LogP contribution is 2.43. The fourth-order valence-corrected chi connectivity index (χ4v) is 3.91. The van der Waals surface area contributed by atoms with Gasteiger partial charge in [0.15, 0.2) is 0 Å². The Morgan fingerprint density at radius 1 is 1.30 bits per heavy atom. The maximum Gasteiger partial charge on any atom is 0.336 e. The quantitative estimate of drug-likeness (QED) is 0.238. The van der Waals surface area contributed by atoms with Crippen LogP contribution in [0, 0.1) is 10.1 Å². The molecule has 30 heavy (non-hydrogen) atoms. The van der Waals surface area contributed by atoms with E-state index in [1.807, 2.05) is 0 Å². The van der Waals surface area contributed by atoms with Crippen LogP contribution in [0.5, 0.6) is 0 Å². The van der Waals surface area contributed by atoms with Gasteiger partial charge in [0.1, 0.15) is 6.67 Å². The Morgan fingerprint density at radius 2 is 2.00 bits per heavy atom. The van der Waals surface area contributed by atoms with Crippen LogP contribution in [0.1, 0.15) is 17.7 Å². The van der Waals surface area contributed by atoms with Gasteiger partial charge in [-0.15, -0.1) is 0 Å². The zero-order valence-corrected chi connectivity index (χ0v) is 17.3. The lowest BCUT2D eigenvalue weighted by atomic mass is 9.84. The molecule has 2 rings (SSSR count). The molecule has 0 amide bonds. The Morgan fingerprint density at radius 3 is 2.53 bits per heavy atom. The third kappa shape index (κ3) is 5.01. The average Bonchev–Trinajstić information content (AvgIpc) is 3.22. The Kier molecular flexibility index (Phi) is 8.45. The van der Waals surface area contributed by atoms with Gasteiger partial charge in [0.2, 0.25) is 0 Å². The van der Waals surface area contributed by atoms with Crippen molar-refractivity contribution in [3.8, 4) is 0 Å². The molecule has 0 radical (unpaired) electrons. The molecule has 0 spiro atoms. The van der Waals surface area contributed by atoms with Crippen LogP contribution in [0.15, 0.2) is 34.7 Å². The minimum absolute atomic E-state index is 0.0109. The number of alkyl halides is 1. The number of hydrogen-bond donors (Lipinski definition) is 2. The molecule has 0 aromatic carbocycles. The van der Waals surface area contributed by atoms with E-state index in [1.54, 1.807) is 6.92 Å². The number of hydrogen-bond acceptors (Lipinski definition) is 10.